The molecule has 2 fully saturated rings. The number of nitrogens with two attached hydrogens (primary N) is 1. The van der Waals surface area contributed by atoms with Gasteiger partial charge in [0.05, 0.1) is 12.5 Å². The second-order valence-electron chi connectivity index (χ2n) is 5.11. The molecule has 2 heterocycles. The molecule has 0 bridgehead atoms. The van der Waals surface area contributed by atoms with E-state index >= 15 is 0 Å². The van der Waals surface area contributed by atoms with Crippen molar-refractivity contribution in [2.75, 3.05) is 45.8 Å². The van der Waals surface area contributed by atoms with Gasteiger partial charge in [0.25, 0.3) is 0 Å². The number of nitrogens with zero attached hydrogens (tertiary/aromatic N) is 2. The Kier molecular flexibility index (Phi) is 4.54. The smallest absolute Gasteiger partial charge is 0.236 e. The first kappa shape index (κ1) is 13.3. The molecule has 1 unspecified atom stereocenters. The fourth-order valence-corrected chi connectivity index (χ4v) is 2.64. The standard InChI is InChI=1S/C12H22N4O2/c13-12(18)10-2-1-5-15(8-10)9-11(17)16-6-3-14-4-7-16/h10,14H,1-9H2,(H2,13,18). The molecule has 18 heavy (non-hydrogen) atoms. The molecule has 0 aromatic rings. The van der Waals surface area contributed by atoms with Crippen LogP contribution >= 0.6 is 0 Å². The SMILES string of the molecule is NC(=O)C1CCCN(CC(=O)N2CCNCC2)C1. The zero-order valence-electron chi connectivity index (χ0n) is 10.7. The predicted molar refractivity (Wildman–Crippen MR) is 67.8 cm³/mol. The second kappa shape index (κ2) is 6.15. The molecule has 2 aliphatic rings. The maximum absolute atomic E-state index is 12.1. The molecule has 0 aromatic carbocycles. The van der Waals surface area contributed by atoms with E-state index in [0.717, 1.165) is 45.6 Å². The van der Waals surface area contributed by atoms with Gasteiger partial charge < -0.3 is 16.0 Å². The minimum absolute atomic E-state index is 0.0884. The molecule has 0 spiro atoms. The van der Waals surface area contributed by atoms with Gasteiger partial charge in [-0.3, -0.25) is 14.5 Å². The van der Waals surface area contributed by atoms with Gasteiger partial charge in [0.2, 0.25) is 11.8 Å². The van der Waals surface area contributed by atoms with Gasteiger partial charge in [-0.05, 0) is 19.4 Å². The summed E-state index contributed by atoms with van der Waals surface area (Å²) in [6.45, 7) is 5.25. The van der Waals surface area contributed by atoms with Gasteiger partial charge in [0, 0.05) is 32.7 Å². The molecule has 0 radical (unpaired) electrons. The van der Waals surface area contributed by atoms with E-state index in [1.165, 1.54) is 0 Å². The first-order valence-corrected chi connectivity index (χ1v) is 6.67. The predicted octanol–water partition coefficient (Wildman–Crippen LogP) is -1.38. The van der Waals surface area contributed by atoms with Crippen molar-refractivity contribution in [3.63, 3.8) is 0 Å². The summed E-state index contributed by atoms with van der Waals surface area (Å²) in [7, 11) is 0. The molecule has 1 atom stereocenters. The van der Waals surface area contributed by atoms with Crippen LogP contribution in [0.5, 0.6) is 0 Å². The molecule has 0 aromatic heterocycles. The highest BCUT2D eigenvalue weighted by molar-refractivity contribution is 5.79. The van der Waals surface area contributed by atoms with E-state index in [1.54, 1.807) is 0 Å². The average molecular weight is 254 g/mol. The zero-order chi connectivity index (χ0) is 13.0. The van der Waals surface area contributed by atoms with Crippen LogP contribution in [0.15, 0.2) is 0 Å². The van der Waals surface area contributed by atoms with Crippen molar-refractivity contribution >= 4 is 11.8 Å². The Morgan fingerprint density at radius 1 is 1.22 bits per heavy atom. The van der Waals surface area contributed by atoms with Crippen molar-refractivity contribution in [3.8, 4) is 0 Å². The molecule has 0 saturated carbocycles. The van der Waals surface area contributed by atoms with Crippen LogP contribution < -0.4 is 11.1 Å². The Morgan fingerprint density at radius 2 is 1.94 bits per heavy atom. The molecular formula is C12H22N4O2. The topological polar surface area (TPSA) is 78.7 Å². The summed E-state index contributed by atoms with van der Waals surface area (Å²) < 4.78 is 0. The number of piperazine rings is 1. The summed E-state index contributed by atoms with van der Waals surface area (Å²) in [5.74, 6) is -0.162. The first-order chi connectivity index (χ1) is 8.66. The van der Waals surface area contributed by atoms with E-state index < -0.39 is 0 Å². The number of hydrogen-bond acceptors (Lipinski definition) is 4. The quantitative estimate of drug-likeness (QED) is 0.650. The number of primary amides is 1. The summed E-state index contributed by atoms with van der Waals surface area (Å²) in [4.78, 5) is 27.2. The van der Waals surface area contributed by atoms with Crippen molar-refractivity contribution in [1.29, 1.82) is 0 Å². The van der Waals surface area contributed by atoms with E-state index in [-0.39, 0.29) is 17.7 Å². The van der Waals surface area contributed by atoms with E-state index in [1.807, 2.05) is 4.90 Å². The Bertz CT molecular complexity index is 315. The highest BCUT2D eigenvalue weighted by Gasteiger charge is 2.26. The molecule has 2 aliphatic heterocycles. The van der Waals surface area contributed by atoms with Crippen LogP contribution in [0.25, 0.3) is 0 Å². The lowest BCUT2D eigenvalue weighted by molar-refractivity contribution is -0.134. The first-order valence-electron chi connectivity index (χ1n) is 6.67. The van der Waals surface area contributed by atoms with Gasteiger partial charge in [-0.25, -0.2) is 0 Å². The molecule has 2 saturated heterocycles. The lowest BCUT2D eigenvalue weighted by Crippen LogP contribution is -2.51. The summed E-state index contributed by atoms with van der Waals surface area (Å²) in [6, 6.07) is 0. The van der Waals surface area contributed by atoms with Crippen LogP contribution in [-0.2, 0) is 9.59 Å². The number of piperidine rings is 1. The number of hydrogen-bond donors (Lipinski definition) is 2. The van der Waals surface area contributed by atoms with Crippen molar-refractivity contribution in [2.45, 2.75) is 12.8 Å². The van der Waals surface area contributed by atoms with Gasteiger partial charge in [-0.2, -0.15) is 0 Å². The zero-order valence-corrected chi connectivity index (χ0v) is 10.7. The van der Waals surface area contributed by atoms with Crippen LogP contribution in [-0.4, -0.2) is 67.4 Å². The van der Waals surface area contributed by atoms with Gasteiger partial charge in [0.15, 0.2) is 0 Å². The number of nitrogens with one attached hydrogen (secondary N) is 1. The third-order valence-electron chi connectivity index (χ3n) is 3.74. The van der Waals surface area contributed by atoms with Crippen LogP contribution in [0.1, 0.15) is 12.8 Å². The molecule has 2 amide bonds. The van der Waals surface area contributed by atoms with Crippen LogP contribution in [0, 0.1) is 5.92 Å². The number of carbonyl (C=O) groups is 2. The van der Waals surface area contributed by atoms with E-state index in [2.05, 4.69) is 10.2 Å². The van der Waals surface area contributed by atoms with Crippen LogP contribution in [0.4, 0.5) is 0 Å². The van der Waals surface area contributed by atoms with Gasteiger partial charge in [0.1, 0.15) is 0 Å². The lowest BCUT2D eigenvalue weighted by atomic mass is 9.97. The highest BCUT2D eigenvalue weighted by Crippen LogP contribution is 2.15. The van der Waals surface area contributed by atoms with Crippen molar-refractivity contribution in [2.24, 2.45) is 11.7 Å². The minimum atomic E-state index is -0.241. The molecule has 6 heteroatoms. The average Bonchev–Trinajstić information content (AvgIpc) is 2.40. The third kappa shape index (κ3) is 3.43. The van der Waals surface area contributed by atoms with Crippen LogP contribution in [0.2, 0.25) is 0 Å². The second-order valence-corrected chi connectivity index (χ2v) is 5.11. The van der Waals surface area contributed by atoms with Crippen molar-refractivity contribution < 1.29 is 9.59 Å². The summed E-state index contributed by atoms with van der Waals surface area (Å²) in [5, 5.41) is 3.23. The fourth-order valence-electron chi connectivity index (χ4n) is 2.64. The monoisotopic (exact) mass is 254 g/mol. The molecule has 102 valence electrons. The largest absolute Gasteiger partial charge is 0.369 e. The van der Waals surface area contributed by atoms with E-state index in [9.17, 15) is 9.59 Å². The third-order valence-corrected chi connectivity index (χ3v) is 3.74. The van der Waals surface area contributed by atoms with Gasteiger partial charge in [-0.15, -0.1) is 0 Å². The summed E-state index contributed by atoms with van der Waals surface area (Å²) >= 11 is 0. The number of likely N-dealkylation sites (tertiary alicyclic amines) is 1. The molecule has 0 aliphatic carbocycles. The van der Waals surface area contributed by atoms with E-state index in [4.69, 9.17) is 5.73 Å². The summed E-state index contributed by atoms with van der Waals surface area (Å²) in [6.07, 6.45) is 1.80. The van der Waals surface area contributed by atoms with Gasteiger partial charge in [-0.1, -0.05) is 0 Å². The Morgan fingerprint density at radius 3 is 2.61 bits per heavy atom. The fraction of sp³-hybridized carbons (Fsp3) is 0.833. The highest BCUT2D eigenvalue weighted by atomic mass is 16.2. The van der Waals surface area contributed by atoms with E-state index in [0.29, 0.717) is 13.1 Å². The maximum Gasteiger partial charge on any atom is 0.236 e. The van der Waals surface area contributed by atoms with Crippen molar-refractivity contribution in [1.82, 2.24) is 15.1 Å². The molecule has 3 N–H and O–H groups in total. The Hall–Kier alpha value is -1.14. The molecule has 2 rings (SSSR count). The summed E-state index contributed by atoms with van der Waals surface area (Å²) in [5.41, 5.74) is 5.33. The lowest BCUT2D eigenvalue weighted by Gasteiger charge is -2.33. The van der Waals surface area contributed by atoms with Crippen molar-refractivity contribution in [3.05, 3.63) is 0 Å². The Labute approximate surface area is 107 Å². The normalized spacial score (nSPS) is 26.0. The minimum Gasteiger partial charge on any atom is -0.369 e. The van der Waals surface area contributed by atoms with Gasteiger partial charge >= 0.3 is 0 Å². The maximum atomic E-state index is 12.1. The molecular weight excluding hydrogens is 232 g/mol. The number of amides is 2. The number of carbonyl (C=O) groups excluding carboxylic acids is 2. The van der Waals surface area contributed by atoms with Crippen LogP contribution in [0.3, 0.4) is 0 Å². The molecule has 6 nitrogen and oxygen atoms in total. The number of rotatable bonds is 3. The Balaban J connectivity index is 1.81.